The highest BCUT2D eigenvalue weighted by Gasteiger charge is 2.49. The van der Waals surface area contributed by atoms with Gasteiger partial charge in [0.05, 0.1) is 13.2 Å². The Morgan fingerprint density at radius 2 is 1.68 bits per heavy atom. The molecule has 2 N–H and O–H groups in total. The molecule has 1 fully saturated rings. The third-order valence-corrected chi connectivity index (χ3v) is 5.84. The summed E-state index contributed by atoms with van der Waals surface area (Å²) in [4.78, 5) is 23.3. The third kappa shape index (κ3) is 6.27. The second-order valence-corrected chi connectivity index (χ2v) is 8.43. The second-order valence-electron chi connectivity index (χ2n) is 8.02. The van der Waals surface area contributed by atoms with E-state index in [9.17, 15) is 19.8 Å². The van der Waals surface area contributed by atoms with Crippen LogP contribution in [0, 0.1) is 0 Å². The molecular weight excluding hydrogens is 464 g/mol. The van der Waals surface area contributed by atoms with Crippen LogP contribution in [0.3, 0.4) is 0 Å². The minimum absolute atomic E-state index is 0.509. The van der Waals surface area contributed by atoms with Crippen LogP contribution < -0.4 is 4.74 Å². The summed E-state index contributed by atoms with van der Waals surface area (Å²) in [5.74, 6) is -0.516. The molecule has 3 rings (SSSR count). The number of hydrogen-bond acceptors (Lipinski definition) is 8. The van der Waals surface area contributed by atoms with Gasteiger partial charge in [0.25, 0.3) is 0 Å². The van der Waals surface area contributed by atoms with Crippen molar-refractivity contribution in [2.24, 2.45) is 0 Å². The van der Waals surface area contributed by atoms with E-state index < -0.39 is 49.1 Å². The zero-order chi connectivity index (χ0) is 24.8. The van der Waals surface area contributed by atoms with Gasteiger partial charge < -0.3 is 29.2 Å². The molecule has 5 unspecified atom stereocenters. The molecule has 1 saturated heterocycles. The predicted octanol–water partition coefficient (Wildman–Crippen LogP) is 2.99. The van der Waals surface area contributed by atoms with Crippen LogP contribution in [-0.4, -0.2) is 59.8 Å². The van der Waals surface area contributed by atoms with Gasteiger partial charge in [-0.1, -0.05) is 35.9 Å². The highest BCUT2D eigenvalue weighted by molar-refractivity contribution is 6.31. The molecule has 8 nitrogen and oxygen atoms in total. The molecule has 0 saturated carbocycles. The number of ether oxygens (including phenoxy) is 4. The number of halogens is 1. The molecule has 0 radical (unpaired) electrons. The van der Waals surface area contributed by atoms with Crippen LogP contribution in [0.1, 0.15) is 43.6 Å². The molecule has 0 amide bonds. The quantitative estimate of drug-likeness (QED) is 0.541. The van der Waals surface area contributed by atoms with E-state index in [1.807, 2.05) is 37.3 Å². The minimum atomic E-state index is -1.41. The summed E-state index contributed by atoms with van der Waals surface area (Å²) < 4.78 is 22.0. The lowest BCUT2D eigenvalue weighted by atomic mass is 9.89. The highest BCUT2D eigenvalue weighted by Crippen LogP contribution is 2.37. The van der Waals surface area contributed by atoms with Crippen molar-refractivity contribution in [1.82, 2.24) is 0 Å². The average Bonchev–Trinajstić information content (AvgIpc) is 2.79. The fourth-order valence-electron chi connectivity index (χ4n) is 4.00. The van der Waals surface area contributed by atoms with Crippen molar-refractivity contribution >= 4 is 23.5 Å². The van der Waals surface area contributed by atoms with Gasteiger partial charge in [0, 0.05) is 18.9 Å². The van der Waals surface area contributed by atoms with Gasteiger partial charge in [0.15, 0.2) is 12.2 Å². The van der Waals surface area contributed by atoms with Crippen molar-refractivity contribution in [2.45, 2.75) is 57.7 Å². The summed E-state index contributed by atoms with van der Waals surface area (Å²) in [5.41, 5.74) is 2.40. The van der Waals surface area contributed by atoms with Gasteiger partial charge in [0.1, 0.15) is 24.1 Å². The molecule has 0 aliphatic carbocycles. The lowest BCUT2D eigenvalue weighted by molar-refractivity contribution is -0.247. The lowest BCUT2D eigenvalue weighted by Crippen LogP contribution is -2.57. The maximum atomic E-state index is 11.8. The Labute approximate surface area is 203 Å². The molecule has 34 heavy (non-hydrogen) atoms. The summed E-state index contributed by atoms with van der Waals surface area (Å²) in [6.45, 7) is 4.38. The van der Waals surface area contributed by atoms with Gasteiger partial charge in [-0.05, 0) is 48.2 Å². The first-order valence-electron chi connectivity index (χ1n) is 11.0. The standard InChI is InChI=1S/C25H29ClO8/c1-4-31-19-8-5-16(6-9-19)11-18-12-17(7-10-20(18)26)23-25(33-15(3)29)22(30)24(32-14(2)28)21(13-27)34-23/h5-10,12,21-25,27,30H,4,11,13H2,1-3H3. The number of rotatable bonds is 8. The fourth-order valence-corrected chi connectivity index (χ4v) is 4.19. The summed E-state index contributed by atoms with van der Waals surface area (Å²) >= 11 is 6.45. The van der Waals surface area contributed by atoms with Crippen molar-refractivity contribution in [2.75, 3.05) is 13.2 Å². The van der Waals surface area contributed by atoms with E-state index >= 15 is 0 Å². The Balaban J connectivity index is 1.91. The zero-order valence-corrected chi connectivity index (χ0v) is 20.0. The number of carbonyl (C=O) groups excluding carboxylic acids is 2. The smallest absolute Gasteiger partial charge is 0.303 e. The molecule has 1 aliphatic rings. The zero-order valence-electron chi connectivity index (χ0n) is 19.3. The predicted molar refractivity (Wildman–Crippen MR) is 124 cm³/mol. The number of aliphatic hydroxyl groups excluding tert-OH is 2. The molecule has 0 bridgehead atoms. The van der Waals surface area contributed by atoms with Crippen molar-refractivity contribution in [1.29, 1.82) is 0 Å². The van der Waals surface area contributed by atoms with E-state index in [0.717, 1.165) is 16.9 Å². The maximum absolute atomic E-state index is 11.8. The molecule has 1 aliphatic heterocycles. The van der Waals surface area contributed by atoms with Gasteiger partial charge in [-0.3, -0.25) is 9.59 Å². The Kier molecular flexibility index (Phi) is 8.90. The Morgan fingerprint density at radius 3 is 2.26 bits per heavy atom. The molecule has 1 heterocycles. The van der Waals surface area contributed by atoms with Crippen LogP contribution in [0.4, 0.5) is 0 Å². The summed E-state index contributed by atoms with van der Waals surface area (Å²) in [6.07, 6.45) is -5.18. The van der Waals surface area contributed by atoms with Crippen LogP contribution in [0.5, 0.6) is 5.75 Å². The molecule has 0 spiro atoms. The molecule has 2 aromatic carbocycles. The van der Waals surface area contributed by atoms with Crippen molar-refractivity contribution < 1.29 is 38.7 Å². The third-order valence-electron chi connectivity index (χ3n) is 5.47. The summed E-state index contributed by atoms with van der Waals surface area (Å²) in [7, 11) is 0. The number of esters is 2. The van der Waals surface area contributed by atoms with Gasteiger partial charge in [-0.15, -0.1) is 0 Å². The second kappa shape index (κ2) is 11.7. The molecule has 9 heteroatoms. The van der Waals surface area contributed by atoms with Crippen LogP contribution in [-0.2, 0) is 30.2 Å². The topological polar surface area (TPSA) is 112 Å². The monoisotopic (exact) mass is 492 g/mol. The fraction of sp³-hybridized carbons (Fsp3) is 0.440. The van der Waals surface area contributed by atoms with Crippen LogP contribution in [0.2, 0.25) is 5.02 Å². The van der Waals surface area contributed by atoms with Gasteiger partial charge in [-0.2, -0.15) is 0 Å². The summed E-state index contributed by atoms with van der Waals surface area (Å²) in [5, 5.41) is 21.3. The highest BCUT2D eigenvalue weighted by atomic mass is 35.5. The van der Waals surface area contributed by atoms with E-state index in [1.165, 1.54) is 13.8 Å². The Hall–Kier alpha value is -2.65. The van der Waals surface area contributed by atoms with Crippen LogP contribution in [0.25, 0.3) is 0 Å². The average molecular weight is 493 g/mol. The van der Waals surface area contributed by atoms with Crippen molar-refractivity contribution in [3.05, 3.63) is 64.2 Å². The number of hydrogen-bond donors (Lipinski definition) is 2. The van der Waals surface area contributed by atoms with Crippen LogP contribution in [0.15, 0.2) is 42.5 Å². The first-order valence-corrected chi connectivity index (χ1v) is 11.4. The van der Waals surface area contributed by atoms with Gasteiger partial charge in [-0.25, -0.2) is 0 Å². The SMILES string of the molecule is CCOc1ccc(Cc2cc(C3OC(CO)C(OC(C)=O)C(O)C3OC(C)=O)ccc2Cl)cc1. The van der Waals surface area contributed by atoms with E-state index in [2.05, 4.69) is 0 Å². The minimum Gasteiger partial charge on any atom is -0.494 e. The van der Waals surface area contributed by atoms with Gasteiger partial charge in [0.2, 0.25) is 0 Å². The maximum Gasteiger partial charge on any atom is 0.303 e. The molecular formula is C25H29ClO8. The van der Waals surface area contributed by atoms with E-state index in [4.69, 9.17) is 30.5 Å². The summed E-state index contributed by atoms with van der Waals surface area (Å²) in [6, 6.07) is 12.9. The van der Waals surface area contributed by atoms with Crippen molar-refractivity contribution in [3.63, 3.8) is 0 Å². The van der Waals surface area contributed by atoms with E-state index in [1.54, 1.807) is 12.1 Å². The Bertz CT molecular complexity index is 993. The number of benzene rings is 2. The first kappa shape index (κ1) is 26.0. The molecule has 5 atom stereocenters. The Morgan fingerprint density at radius 1 is 1.03 bits per heavy atom. The number of carbonyl (C=O) groups is 2. The molecule has 184 valence electrons. The van der Waals surface area contributed by atoms with Gasteiger partial charge >= 0.3 is 11.9 Å². The largest absolute Gasteiger partial charge is 0.494 e. The number of aliphatic hydroxyl groups is 2. The normalized spacial score (nSPS) is 24.4. The van der Waals surface area contributed by atoms with Crippen molar-refractivity contribution in [3.8, 4) is 5.75 Å². The lowest BCUT2D eigenvalue weighted by Gasteiger charge is -2.43. The van der Waals surface area contributed by atoms with E-state index in [-0.39, 0.29) is 0 Å². The molecule has 0 aromatic heterocycles. The first-order chi connectivity index (χ1) is 16.2. The molecule has 2 aromatic rings. The van der Waals surface area contributed by atoms with E-state index in [0.29, 0.717) is 23.6 Å². The van der Waals surface area contributed by atoms with Crippen LogP contribution >= 0.6 is 11.6 Å².